The lowest BCUT2D eigenvalue weighted by Crippen LogP contribution is -2.28. The SMILES string of the molecule is COc1cc(C2C[N]CCO2)ccc1Nc1ncc(Cl)c(OC)n1. The number of morpholine rings is 1. The molecule has 0 aliphatic carbocycles. The molecule has 8 heteroatoms. The van der Waals surface area contributed by atoms with Crippen LogP contribution in [0.3, 0.4) is 0 Å². The molecule has 1 aliphatic heterocycles. The lowest BCUT2D eigenvalue weighted by Gasteiger charge is -2.23. The zero-order valence-electron chi connectivity index (χ0n) is 13.5. The third kappa shape index (κ3) is 3.69. The summed E-state index contributed by atoms with van der Waals surface area (Å²) < 4.78 is 16.3. The number of nitrogens with zero attached hydrogens (tertiary/aromatic N) is 3. The Bertz CT molecular complexity index is 708. The molecule has 1 atom stereocenters. The van der Waals surface area contributed by atoms with Crippen LogP contribution in [0.15, 0.2) is 24.4 Å². The van der Waals surface area contributed by atoms with E-state index in [1.807, 2.05) is 18.2 Å². The first-order valence-corrected chi connectivity index (χ1v) is 7.85. The minimum atomic E-state index is -0.0337. The molecule has 24 heavy (non-hydrogen) atoms. The highest BCUT2D eigenvalue weighted by Crippen LogP contribution is 2.32. The normalized spacial score (nSPS) is 17.4. The van der Waals surface area contributed by atoms with Crippen molar-refractivity contribution in [2.75, 3.05) is 39.2 Å². The summed E-state index contributed by atoms with van der Waals surface area (Å²) >= 11 is 5.94. The molecule has 1 radical (unpaired) electrons. The third-order valence-electron chi connectivity index (χ3n) is 3.61. The zero-order chi connectivity index (χ0) is 16.9. The van der Waals surface area contributed by atoms with Gasteiger partial charge >= 0.3 is 0 Å². The van der Waals surface area contributed by atoms with Crippen molar-refractivity contribution in [1.82, 2.24) is 15.3 Å². The summed E-state index contributed by atoms with van der Waals surface area (Å²) in [5.41, 5.74) is 1.76. The highest BCUT2D eigenvalue weighted by Gasteiger charge is 2.18. The summed E-state index contributed by atoms with van der Waals surface area (Å²) in [5, 5.41) is 7.84. The van der Waals surface area contributed by atoms with Crippen LogP contribution in [0.2, 0.25) is 5.02 Å². The molecule has 7 nitrogen and oxygen atoms in total. The fraction of sp³-hybridized carbons (Fsp3) is 0.375. The molecule has 3 rings (SSSR count). The van der Waals surface area contributed by atoms with Gasteiger partial charge in [-0.1, -0.05) is 17.7 Å². The number of benzene rings is 1. The molecule has 0 bridgehead atoms. The number of halogens is 1. The molecule has 1 N–H and O–H groups in total. The Labute approximate surface area is 145 Å². The van der Waals surface area contributed by atoms with Crippen molar-refractivity contribution in [1.29, 1.82) is 0 Å². The molecule has 1 aromatic carbocycles. The molecule has 0 spiro atoms. The van der Waals surface area contributed by atoms with Crippen LogP contribution in [-0.4, -0.2) is 43.9 Å². The molecule has 0 amide bonds. The Morgan fingerprint density at radius 3 is 2.88 bits per heavy atom. The largest absolute Gasteiger partial charge is 0.495 e. The number of ether oxygens (including phenoxy) is 3. The van der Waals surface area contributed by atoms with Crippen LogP contribution in [0.1, 0.15) is 11.7 Å². The molecule has 1 saturated heterocycles. The maximum atomic E-state index is 5.94. The monoisotopic (exact) mass is 349 g/mol. The molecule has 1 fully saturated rings. The van der Waals surface area contributed by atoms with Crippen LogP contribution in [0.25, 0.3) is 0 Å². The van der Waals surface area contributed by atoms with Crippen LogP contribution in [0, 0.1) is 0 Å². The highest BCUT2D eigenvalue weighted by atomic mass is 35.5. The second-order valence-corrected chi connectivity index (χ2v) is 5.53. The van der Waals surface area contributed by atoms with Gasteiger partial charge in [0.15, 0.2) is 0 Å². The van der Waals surface area contributed by atoms with Gasteiger partial charge in [-0.05, 0) is 17.7 Å². The number of nitrogens with one attached hydrogen (secondary N) is 1. The lowest BCUT2D eigenvalue weighted by molar-refractivity contribution is 0.0260. The van der Waals surface area contributed by atoms with E-state index in [1.54, 1.807) is 7.11 Å². The van der Waals surface area contributed by atoms with Crippen molar-refractivity contribution < 1.29 is 14.2 Å². The third-order valence-corrected chi connectivity index (χ3v) is 3.87. The van der Waals surface area contributed by atoms with E-state index < -0.39 is 0 Å². The molecular weight excluding hydrogens is 332 g/mol. The fourth-order valence-electron chi connectivity index (χ4n) is 2.41. The number of methoxy groups -OCH3 is 2. The van der Waals surface area contributed by atoms with E-state index in [-0.39, 0.29) is 6.10 Å². The maximum Gasteiger partial charge on any atom is 0.237 e. The Kier molecular flexibility index (Phi) is 5.34. The summed E-state index contributed by atoms with van der Waals surface area (Å²) in [6.07, 6.45) is 1.45. The fourth-order valence-corrected chi connectivity index (χ4v) is 2.58. The van der Waals surface area contributed by atoms with E-state index in [4.69, 9.17) is 25.8 Å². The number of rotatable bonds is 5. The van der Waals surface area contributed by atoms with Crippen LogP contribution in [-0.2, 0) is 4.74 Å². The van der Waals surface area contributed by atoms with Crippen LogP contribution in [0.4, 0.5) is 11.6 Å². The van der Waals surface area contributed by atoms with Gasteiger partial charge in [0, 0.05) is 13.1 Å². The van der Waals surface area contributed by atoms with E-state index in [9.17, 15) is 0 Å². The van der Waals surface area contributed by atoms with Gasteiger partial charge in [-0.3, -0.25) is 0 Å². The Morgan fingerprint density at radius 2 is 2.17 bits per heavy atom. The average molecular weight is 350 g/mol. The predicted molar refractivity (Wildman–Crippen MR) is 90.4 cm³/mol. The summed E-state index contributed by atoms with van der Waals surface area (Å²) in [5.74, 6) is 1.34. The van der Waals surface area contributed by atoms with E-state index in [1.165, 1.54) is 13.3 Å². The molecule has 1 aliphatic rings. The zero-order valence-corrected chi connectivity index (χ0v) is 14.2. The van der Waals surface area contributed by atoms with E-state index in [2.05, 4.69) is 20.6 Å². The van der Waals surface area contributed by atoms with Crippen molar-refractivity contribution >= 4 is 23.2 Å². The number of hydrogen-bond donors (Lipinski definition) is 1. The van der Waals surface area contributed by atoms with Crippen LogP contribution >= 0.6 is 11.6 Å². The molecule has 2 heterocycles. The van der Waals surface area contributed by atoms with E-state index in [0.29, 0.717) is 35.8 Å². The van der Waals surface area contributed by atoms with Gasteiger partial charge in [-0.2, -0.15) is 4.98 Å². The first-order chi connectivity index (χ1) is 11.7. The Morgan fingerprint density at radius 1 is 1.29 bits per heavy atom. The molecule has 127 valence electrons. The van der Waals surface area contributed by atoms with Crippen molar-refractivity contribution in [2.24, 2.45) is 0 Å². The highest BCUT2D eigenvalue weighted by molar-refractivity contribution is 6.31. The van der Waals surface area contributed by atoms with Crippen molar-refractivity contribution in [3.63, 3.8) is 0 Å². The quantitative estimate of drug-likeness (QED) is 0.893. The van der Waals surface area contributed by atoms with Crippen LogP contribution in [0.5, 0.6) is 11.6 Å². The Hall–Kier alpha value is -2.09. The van der Waals surface area contributed by atoms with Crippen molar-refractivity contribution in [3.8, 4) is 11.6 Å². The van der Waals surface area contributed by atoms with Gasteiger partial charge in [-0.25, -0.2) is 10.3 Å². The summed E-state index contributed by atoms with van der Waals surface area (Å²) in [6.45, 7) is 2.06. The standard InChI is InChI=1S/C16H18ClN4O3/c1-22-13-7-10(14-9-18-5-6-24-14)3-4-12(13)20-16-19-8-11(17)15(21-16)23-2/h3-4,7-8,14H,5-6,9H2,1-2H3,(H,19,20,21). The number of aromatic nitrogens is 2. The Balaban J connectivity index is 1.82. The minimum Gasteiger partial charge on any atom is -0.495 e. The molecule has 0 saturated carbocycles. The molecule has 1 aromatic heterocycles. The number of hydrogen-bond acceptors (Lipinski definition) is 6. The number of anilines is 2. The smallest absolute Gasteiger partial charge is 0.237 e. The summed E-state index contributed by atoms with van der Waals surface area (Å²) in [6, 6.07) is 5.81. The molecule has 1 unspecified atom stereocenters. The minimum absolute atomic E-state index is 0.0337. The second kappa shape index (κ2) is 7.65. The van der Waals surface area contributed by atoms with E-state index in [0.717, 1.165) is 17.8 Å². The first-order valence-electron chi connectivity index (χ1n) is 7.47. The van der Waals surface area contributed by atoms with Crippen molar-refractivity contribution in [3.05, 3.63) is 35.0 Å². The van der Waals surface area contributed by atoms with Crippen LogP contribution < -0.4 is 20.1 Å². The van der Waals surface area contributed by atoms with Gasteiger partial charge in [0.2, 0.25) is 11.8 Å². The molecular formula is C16H18ClN4O3. The topological polar surface area (TPSA) is 79.6 Å². The predicted octanol–water partition coefficient (Wildman–Crippen LogP) is 2.57. The van der Waals surface area contributed by atoms with E-state index >= 15 is 0 Å². The van der Waals surface area contributed by atoms with Crippen molar-refractivity contribution in [2.45, 2.75) is 6.10 Å². The summed E-state index contributed by atoms with van der Waals surface area (Å²) in [4.78, 5) is 8.34. The van der Waals surface area contributed by atoms with Gasteiger partial charge in [-0.15, -0.1) is 0 Å². The summed E-state index contributed by atoms with van der Waals surface area (Å²) in [7, 11) is 3.11. The van der Waals surface area contributed by atoms with Gasteiger partial charge in [0.25, 0.3) is 0 Å². The van der Waals surface area contributed by atoms with Gasteiger partial charge < -0.3 is 19.5 Å². The first kappa shape index (κ1) is 16.8. The average Bonchev–Trinajstić information content (AvgIpc) is 2.64. The maximum absolute atomic E-state index is 5.94. The van der Waals surface area contributed by atoms with Gasteiger partial charge in [0.05, 0.1) is 38.8 Å². The van der Waals surface area contributed by atoms with Gasteiger partial charge in [0.1, 0.15) is 10.8 Å². The molecule has 2 aromatic rings. The lowest BCUT2D eigenvalue weighted by atomic mass is 10.1. The second-order valence-electron chi connectivity index (χ2n) is 5.12.